The zero-order chi connectivity index (χ0) is 8.97. The molecule has 2 unspecified atom stereocenters. The molecule has 0 aliphatic carbocycles. The lowest BCUT2D eigenvalue weighted by atomic mass is 10.1. The van der Waals surface area contributed by atoms with Crippen LogP contribution in [0, 0.1) is 5.92 Å². The first-order valence-corrected chi connectivity index (χ1v) is 5.36. The van der Waals surface area contributed by atoms with Crippen LogP contribution in [-0.2, 0) is 20.1 Å². The van der Waals surface area contributed by atoms with E-state index in [0.29, 0.717) is 12.5 Å². The van der Waals surface area contributed by atoms with Gasteiger partial charge in [-0.1, -0.05) is 0 Å². The van der Waals surface area contributed by atoms with Crippen LogP contribution < -0.4 is 0 Å². The molecule has 0 N–H and O–H groups in total. The SMILES string of the molecule is CS(=O)OCC1CCN(C=O)C1. The van der Waals surface area contributed by atoms with E-state index in [1.165, 1.54) is 6.26 Å². The summed E-state index contributed by atoms with van der Waals surface area (Å²) in [5.74, 6) is 0.360. The first-order valence-electron chi connectivity index (χ1n) is 3.88. The Morgan fingerprint density at radius 1 is 1.75 bits per heavy atom. The molecule has 12 heavy (non-hydrogen) atoms. The van der Waals surface area contributed by atoms with E-state index in [9.17, 15) is 9.00 Å². The molecule has 0 aromatic rings. The Morgan fingerprint density at radius 2 is 2.50 bits per heavy atom. The Morgan fingerprint density at radius 3 is 3.00 bits per heavy atom. The lowest BCUT2D eigenvalue weighted by Crippen LogP contribution is -2.20. The van der Waals surface area contributed by atoms with Gasteiger partial charge in [0.05, 0.1) is 6.61 Å². The minimum atomic E-state index is -1.18. The molecule has 4 nitrogen and oxygen atoms in total. The number of carbonyl (C=O) groups excluding carboxylic acids is 1. The standard InChI is InChI=1S/C7H13NO3S/c1-12(10)11-5-7-2-3-8(4-7)6-9/h6-7H,2-5H2,1H3. The first kappa shape index (κ1) is 9.67. The normalized spacial score (nSPS) is 25.8. The Bertz CT molecular complexity index is 185. The Labute approximate surface area is 74.5 Å². The molecular weight excluding hydrogens is 178 g/mol. The number of amides is 1. The Kier molecular flexibility index (Phi) is 3.68. The number of hydrogen-bond donors (Lipinski definition) is 0. The smallest absolute Gasteiger partial charge is 0.209 e. The van der Waals surface area contributed by atoms with Crippen molar-refractivity contribution in [3.63, 3.8) is 0 Å². The van der Waals surface area contributed by atoms with Crippen molar-refractivity contribution in [2.45, 2.75) is 6.42 Å². The van der Waals surface area contributed by atoms with Gasteiger partial charge in [-0.2, -0.15) is 0 Å². The van der Waals surface area contributed by atoms with Gasteiger partial charge in [0.2, 0.25) is 6.41 Å². The third-order valence-electron chi connectivity index (χ3n) is 1.94. The average Bonchev–Trinajstić information content (AvgIpc) is 2.48. The summed E-state index contributed by atoms with van der Waals surface area (Å²) >= 11 is -1.18. The summed E-state index contributed by atoms with van der Waals surface area (Å²) in [7, 11) is 0. The largest absolute Gasteiger partial charge is 0.345 e. The van der Waals surface area contributed by atoms with Crippen LogP contribution in [0.4, 0.5) is 0 Å². The van der Waals surface area contributed by atoms with Gasteiger partial charge in [-0.15, -0.1) is 0 Å². The highest BCUT2D eigenvalue weighted by atomic mass is 32.2. The molecule has 70 valence electrons. The van der Waals surface area contributed by atoms with Gasteiger partial charge in [0, 0.05) is 25.3 Å². The van der Waals surface area contributed by atoms with Gasteiger partial charge >= 0.3 is 0 Å². The van der Waals surface area contributed by atoms with Gasteiger partial charge in [-0.25, -0.2) is 4.21 Å². The number of likely N-dealkylation sites (tertiary alicyclic amines) is 1. The zero-order valence-corrected chi connectivity index (χ0v) is 7.88. The van der Waals surface area contributed by atoms with Crippen molar-refractivity contribution >= 4 is 17.5 Å². The zero-order valence-electron chi connectivity index (χ0n) is 7.06. The van der Waals surface area contributed by atoms with Gasteiger partial charge < -0.3 is 4.90 Å². The summed E-state index contributed by atoms with van der Waals surface area (Å²) in [5, 5.41) is 0. The molecule has 1 saturated heterocycles. The third kappa shape index (κ3) is 2.91. The van der Waals surface area contributed by atoms with Gasteiger partial charge in [0.15, 0.2) is 11.1 Å². The molecule has 1 heterocycles. The lowest BCUT2D eigenvalue weighted by molar-refractivity contribution is -0.117. The van der Waals surface area contributed by atoms with E-state index >= 15 is 0 Å². The van der Waals surface area contributed by atoms with Gasteiger partial charge in [-0.05, 0) is 6.42 Å². The van der Waals surface area contributed by atoms with E-state index in [1.807, 2.05) is 0 Å². The van der Waals surface area contributed by atoms with Crippen LogP contribution in [0.25, 0.3) is 0 Å². The highest BCUT2D eigenvalue weighted by Gasteiger charge is 2.21. The van der Waals surface area contributed by atoms with Crippen LogP contribution in [0.3, 0.4) is 0 Å². The Balaban J connectivity index is 2.19. The second-order valence-corrected chi connectivity index (χ2v) is 3.98. The maximum absolute atomic E-state index is 10.6. The van der Waals surface area contributed by atoms with Crippen molar-refractivity contribution in [1.82, 2.24) is 4.90 Å². The molecule has 1 aliphatic heterocycles. The van der Waals surface area contributed by atoms with Crippen LogP contribution in [-0.4, -0.2) is 41.5 Å². The second kappa shape index (κ2) is 4.57. The van der Waals surface area contributed by atoms with Crippen molar-refractivity contribution < 1.29 is 13.2 Å². The second-order valence-electron chi connectivity index (χ2n) is 2.94. The molecule has 1 amide bonds. The Hall–Kier alpha value is -0.420. The van der Waals surface area contributed by atoms with Crippen molar-refractivity contribution in [3.05, 3.63) is 0 Å². The van der Waals surface area contributed by atoms with Crippen LogP contribution in [0.2, 0.25) is 0 Å². The summed E-state index contributed by atoms with van der Waals surface area (Å²) < 4.78 is 15.5. The van der Waals surface area contributed by atoms with E-state index in [4.69, 9.17) is 4.18 Å². The van der Waals surface area contributed by atoms with Gasteiger partial charge in [0.1, 0.15) is 0 Å². The van der Waals surface area contributed by atoms with E-state index in [2.05, 4.69) is 0 Å². The third-order valence-corrected chi connectivity index (χ3v) is 2.40. The molecular formula is C7H13NO3S. The summed E-state index contributed by atoms with van der Waals surface area (Å²) in [6.07, 6.45) is 3.31. The highest BCUT2D eigenvalue weighted by Crippen LogP contribution is 2.14. The summed E-state index contributed by atoms with van der Waals surface area (Å²) in [6.45, 7) is 2.03. The molecule has 0 aromatic carbocycles. The van der Waals surface area contributed by atoms with Crippen LogP contribution >= 0.6 is 0 Å². The molecule has 0 spiro atoms. The number of carbonyl (C=O) groups is 1. The maximum Gasteiger partial charge on any atom is 0.209 e. The van der Waals surface area contributed by atoms with E-state index in [1.54, 1.807) is 4.90 Å². The minimum Gasteiger partial charge on any atom is -0.345 e. The predicted molar refractivity (Wildman–Crippen MR) is 45.8 cm³/mol. The molecule has 0 radical (unpaired) electrons. The van der Waals surface area contributed by atoms with Crippen molar-refractivity contribution in [1.29, 1.82) is 0 Å². The topological polar surface area (TPSA) is 46.6 Å². The van der Waals surface area contributed by atoms with E-state index in [0.717, 1.165) is 25.9 Å². The molecule has 1 rings (SSSR count). The average molecular weight is 191 g/mol. The number of hydrogen-bond acceptors (Lipinski definition) is 3. The van der Waals surface area contributed by atoms with E-state index < -0.39 is 11.1 Å². The quantitative estimate of drug-likeness (QED) is 0.577. The summed E-state index contributed by atoms with van der Waals surface area (Å²) in [5.41, 5.74) is 0. The molecule has 0 saturated carbocycles. The van der Waals surface area contributed by atoms with Crippen LogP contribution in [0.5, 0.6) is 0 Å². The number of nitrogens with zero attached hydrogens (tertiary/aromatic N) is 1. The van der Waals surface area contributed by atoms with E-state index in [-0.39, 0.29) is 0 Å². The fourth-order valence-electron chi connectivity index (χ4n) is 1.29. The van der Waals surface area contributed by atoms with Gasteiger partial charge in [0.25, 0.3) is 0 Å². The summed E-state index contributed by atoms with van der Waals surface area (Å²) in [4.78, 5) is 12.0. The fourth-order valence-corrected chi connectivity index (χ4v) is 1.67. The molecule has 1 aliphatic rings. The predicted octanol–water partition coefficient (Wildman–Crippen LogP) is -0.225. The highest BCUT2D eigenvalue weighted by molar-refractivity contribution is 7.79. The minimum absolute atomic E-state index is 0.360. The van der Waals surface area contributed by atoms with Crippen LogP contribution in [0.1, 0.15) is 6.42 Å². The molecule has 0 bridgehead atoms. The van der Waals surface area contributed by atoms with Crippen molar-refractivity contribution in [3.8, 4) is 0 Å². The van der Waals surface area contributed by atoms with Crippen molar-refractivity contribution in [2.24, 2.45) is 5.92 Å². The molecule has 0 aromatic heterocycles. The van der Waals surface area contributed by atoms with Gasteiger partial charge in [-0.3, -0.25) is 8.98 Å². The first-order chi connectivity index (χ1) is 5.72. The van der Waals surface area contributed by atoms with Crippen molar-refractivity contribution in [2.75, 3.05) is 26.0 Å². The van der Waals surface area contributed by atoms with Crippen LogP contribution in [0.15, 0.2) is 0 Å². The summed E-state index contributed by atoms with van der Waals surface area (Å²) in [6, 6.07) is 0. The maximum atomic E-state index is 10.6. The molecule has 2 atom stereocenters. The fraction of sp³-hybridized carbons (Fsp3) is 0.857. The lowest BCUT2D eigenvalue weighted by Gasteiger charge is -2.08. The number of rotatable bonds is 4. The monoisotopic (exact) mass is 191 g/mol. The molecule has 1 fully saturated rings. The molecule has 5 heteroatoms.